The number of rotatable bonds is 34. The smallest absolute Gasteiger partial charge is 0.407 e. The van der Waals surface area contributed by atoms with Gasteiger partial charge in [-0.1, -0.05) is 116 Å². The molecule has 1 fully saturated rings. The van der Waals surface area contributed by atoms with Crippen LogP contribution in [0.3, 0.4) is 0 Å². The Morgan fingerprint density at radius 2 is 1.28 bits per heavy atom. The van der Waals surface area contributed by atoms with Crippen molar-refractivity contribution in [1.82, 2.24) is 31.5 Å². The van der Waals surface area contributed by atoms with Gasteiger partial charge in [0.1, 0.15) is 60.9 Å². The molecule has 28 nitrogen and oxygen atoms in total. The van der Waals surface area contributed by atoms with E-state index in [0.717, 1.165) is 27.8 Å². The number of carbonyl (C=O) groups excluding carboxylic acids is 11. The van der Waals surface area contributed by atoms with E-state index in [2.05, 4.69) is 31.9 Å². The van der Waals surface area contributed by atoms with E-state index in [1.807, 2.05) is 66.7 Å². The fourth-order valence-corrected chi connectivity index (χ4v) is 14.6. The Hall–Kier alpha value is -11.2. The molecule has 28 heteroatoms. The number of methoxy groups -OCH3 is 1. The normalized spacial score (nSPS) is 19.4. The minimum absolute atomic E-state index is 0.0160. The van der Waals surface area contributed by atoms with Crippen LogP contribution in [0.2, 0.25) is 0 Å². The monoisotopic (exact) mass is 1500 g/mol. The van der Waals surface area contributed by atoms with E-state index in [4.69, 9.17) is 23.7 Å². The topological polar surface area (TPSA) is 410 Å². The molecule has 11 N–H and O–H groups in total. The van der Waals surface area contributed by atoms with Crippen molar-refractivity contribution < 1.29 is 102 Å². The van der Waals surface area contributed by atoms with Gasteiger partial charge in [0.15, 0.2) is 17.9 Å². The number of imide groups is 1. The lowest BCUT2D eigenvalue weighted by Gasteiger charge is -2.42. The summed E-state index contributed by atoms with van der Waals surface area (Å²) < 4.78 is 29.0. The minimum Gasteiger partial charge on any atom is -0.507 e. The molecule has 8 amide bonds. The van der Waals surface area contributed by atoms with E-state index >= 15 is 0 Å². The SMILES string of the molecule is COc1cccc2c1C(=O)c1c(O)c3c(c(O)c1C2=O)C[C@@](O)(C(=O)CO)CC3OC1CC(NC(=O)OCc2ccc(NC(=O)C(CCCCNC(=O)OCC3c4ccccc4-c4ccccc43)NC(=O)[C@H](Cc3ccccc3)NC(=O)CCCCCNC(=O)CCCCCN3C(=O)C=CC3=O)cc2)C(O)C(C)O1. The average Bonchev–Trinajstić information content (AvgIpc) is 1.30. The van der Waals surface area contributed by atoms with Crippen LogP contribution in [0.25, 0.3) is 11.1 Å². The number of carbonyl (C=O) groups is 11. The summed E-state index contributed by atoms with van der Waals surface area (Å²) in [7, 11) is 1.28. The van der Waals surface area contributed by atoms with Crippen LogP contribution in [-0.2, 0) is 72.0 Å². The number of hydrogen-bond acceptors (Lipinski definition) is 21. The average molecular weight is 1500 g/mol. The van der Waals surface area contributed by atoms with Gasteiger partial charge in [-0.25, -0.2) is 9.59 Å². The third kappa shape index (κ3) is 18.9. The van der Waals surface area contributed by atoms with Crippen LogP contribution in [0.1, 0.15) is 168 Å². The molecule has 2 heterocycles. The maximum absolute atomic E-state index is 14.5. The molecular weight excluding hydrogens is 1410 g/mol. The van der Waals surface area contributed by atoms with Crippen molar-refractivity contribution in [3.8, 4) is 28.4 Å². The number of phenolic OH excluding ortho intramolecular Hbond substituents is 2. The van der Waals surface area contributed by atoms with Gasteiger partial charge in [-0.3, -0.25) is 48.1 Å². The molecule has 8 atom stereocenters. The Kier molecular flexibility index (Phi) is 26.2. The first-order valence-electron chi connectivity index (χ1n) is 36.6. The van der Waals surface area contributed by atoms with E-state index in [1.165, 1.54) is 49.3 Å². The number of nitrogens with zero attached hydrogens (tertiary/aromatic N) is 1. The van der Waals surface area contributed by atoms with Crippen molar-refractivity contribution in [2.24, 2.45) is 0 Å². The van der Waals surface area contributed by atoms with Gasteiger partial charge in [0.2, 0.25) is 29.4 Å². The molecule has 0 aromatic heterocycles. The Balaban J connectivity index is 0.697. The predicted octanol–water partition coefficient (Wildman–Crippen LogP) is 6.99. The molecule has 6 aromatic carbocycles. The molecule has 0 spiro atoms. The number of fused-ring (bicyclic) bond motifs is 6. The van der Waals surface area contributed by atoms with Crippen LogP contribution in [0.15, 0.2) is 133 Å². The number of aliphatic hydroxyl groups excluding tert-OH is 2. The zero-order chi connectivity index (χ0) is 77.5. The fourth-order valence-electron chi connectivity index (χ4n) is 14.6. The molecule has 3 aliphatic carbocycles. The van der Waals surface area contributed by atoms with Crippen molar-refractivity contribution in [1.29, 1.82) is 0 Å². The van der Waals surface area contributed by atoms with Gasteiger partial charge in [0.25, 0.3) is 11.8 Å². The number of Topliss-reactive ketones (excluding diaryl/α,β-unsaturated/α-hetero) is 1. The second kappa shape index (κ2) is 36.2. The molecule has 6 aromatic rings. The zero-order valence-electron chi connectivity index (χ0n) is 60.4. The number of ketones is 3. The van der Waals surface area contributed by atoms with Gasteiger partial charge in [-0.05, 0) is 103 Å². The standard InChI is InChI=1S/C81H89N7O21/c1-46-72(95)58(40-67(108-46)109-61-42-81(104,62(90)43-89)41-55-69(61)76(99)71-70(74(55)97)73(96)54-25-18-27-60(105-2)68(54)75(71)98)87-80(103)106-44-48-30-32-49(33-31-48)84-77(100)57(26-14-16-37-83-79(102)107-45-56-52-23-12-10-21-50(52)51-22-11-13-24-53(51)56)86-78(101)59(39-47-19-6-3-7-20-47)85-64(92)29-8-4-15-36-82-63(91)28-9-5-17-38-88-65(93)34-35-66(88)94/h3,6-7,10-13,18-25,27,30-35,46,56-59,61,67,72,89,95,97,99,104H,4-5,8-9,14-17,26,28-29,36-45H2,1-2H3,(H,82,91)(H,83,102)(H,84,100)(H,85,92)(H,86,101)(H,87,103)/t46?,57?,58?,59-,61?,67?,72?,81-/m0/s1. The number of unbranched alkanes of at least 4 members (excludes halogenated alkanes) is 5. The van der Waals surface area contributed by atoms with Crippen molar-refractivity contribution in [2.75, 3.05) is 45.3 Å². The van der Waals surface area contributed by atoms with Crippen LogP contribution in [-0.4, -0.2) is 178 Å². The lowest BCUT2D eigenvalue weighted by molar-refractivity contribution is -0.249. The summed E-state index contributed by atoms with van der Waals surface area (Å²) in [5.74, 6) is -6.98. The summed E-state index contributed by atoms with van der Waals surface area (Å²) in [6.45, 7) is 1.00. The Morgan fingerprint density at radius 3 is 1.98 bits per heavy atom. The molecule has 0 radical (unpaired) electrons. The number of phenols is 2. The Labute approximate surface area is 628 Å². The van der Waals surface area contributed by atoms with Crippen LogP contribution >= 0.6 is 0 Å². The summed E-state index contributed by atoms with van der Waals surface area (Å²) in [4.78, 5) is 148. The maximum atomic E-state index is 14.5. The van der Waals surface area contributed by atoms with E-state index in [-0.39, 0.29) is 104 Å². The van der Waals surface area contributed by atoms with E-state index in [1.54, 1.807) is 36.4 Å². The van der Waals surface area contributed by atoms with Crippen molar-refractivity contribution in [2.45, 2.75) is 164 Å². The third-order valence-electron chi connectivity index (χ3n) is 20.3. The summed E-state index contributed by atoms with van der Waals surface area (Å²) >= 11 is 0. The van der Waals surface area contributed by atoms with Crippen LogP contribution in [0, 0.1) is 0 Å². The maximum Gasteiger partial charge on any atom is 0.407 e. The third-order valence-corrected chi connectivity index (χ3v) is 20.3. The molecule has 5 aliphatic rings. The molecule has 2 aliphatic heterocycles. The summed E-state index contributed by atoms with van der Waals surface area (Å²) in [6, 6.07) is 32.1. The molecule has 574 valence electrons. The first kappa shape index (κ1) is 78.9. The molecule has 0 saturated carbocycles. The number of anilines is 1. The molecular formula is C81H89N7O21. The molecule has 109 heavy (non-hydrogen) atoms. The van der Waals surface area contributed by atoms with Gasteiger partial charge >= 0.3 is 12.2 Å². The van der Waals surface area contributed by atoms with E-state index < -0.39 is 138 Å². The highest BCUT2D eigenvalue weighted by Gasteiger charge is 2.51. The van der Waals surface area contributed by atoms with Crippen LogP contribution in [0.4, 0.5) is 15.3 Å². The lowest BCUT2D eigenvalue weighted by Crippen LogP contribution is -2.56. The van der Waals surface area contributed by atoms with Gasteiger partial charge in [0, 0.05) is 98.6 Å². The molecule has 6 unspecified atom stereocenters. The predicted molar refractivity (Wildman–Crippen MR) is 393 cm³/mol. The number of alkyl carbamates (subject to hydrolysis) is 2. The van der Waals surface area contributed by atoms with Gasteiger partial charge in [-0.15, -0.1) is 0 Å². The summed E-state index contributed by atoms with van der Waals surface area (Å²) in [5.41, 5.74) is 1.30. The van der Waals surface area contributed by atoms with Crippen LogP contribution in [0.5, 0.6) is 17.2 Å². The second-order valence-electron chi connectivity index (χ2n) is 27.8. The number of ether oxygens (including phenoxy) is 5. The van der Waals surface area contributed by atoms with Crippen molar-refractivity contribution in [3.05, 3.63) is 189 Å². The summed E-state index contributed by atoms with van der Waals surface area (Å²) in [5, 5.41) is 73.8. The van der Waals surface area contributed by atoms with Crippen molar-refractivity contribution >= 4 is 70.7 Å². The van der Waals surface area contributed by atoms with E-state index in [9.17, 15) is 78.3 Å². The van der Waals surface area contributed by atoms with Crippen LogP contribution < -0.4 is 36.6 Å². The highest BCUT2D eigenvalue weighted by Crippen LogP contribution is 2.53. The number of benzene rings is 6. The van der Waals surface area contributed by atoms with Gasteiger partial charge in [-0.2, -0.15) is 0 Å². The fraction of sp³-hybridized carbons (Fsp3) is 0.395. The number of nitrogens with one attached hydrogen (secondary N) is 6. The Morgan fingerprint density at radius 1 is 0.642 bits per heavy atom. The van der Waals surface area contributed by atoms with Gasteiger partial charge in [0.05, 0.1) is 42.0 Å². The Bertz CT molecular complexity index is 4390. The molecule has 1 saturated heterocycles. The highest BCUT2D eigenvalue weighted by atomic mass is 16.7. The van der Waals surface area contributed by atoms with Gasteiger partial charge < -0.3 is 81.1 Å². The molecule has 11 rings (SSSR count). The first-order valence-corrected chi connectivity index (χ1v) is 36.6. The highest BCUT2D eigenvalue weighted by molar-refractivity contribution is 6.31. The number of aromatic hydroxyl groups is 2. The number of amides is 8. The number of aliphatic hydroxyl groups is 3. The minimum atomic E-state index is -2.44. The lowest BCUT2D eigenvalue weighted by atomic mass is 9.72. The zero-order valence-corrected chi connectivity index (χ0v) is 60.4. The van der Waals surface area contributed by atoms with E-state index in [0.29, 0.717) is 75.7 Å². The van der Waals surface area contributed by atoms with Crippen molar-refractivity contribution in [3.63, 3.8) is 0 Å². The second-order valence-corrected chi connectivity index (χ2v) is 27.8. The molecule has 0 bridgehead atoms. The quantitative estimate of drug-likeness (QED) is 0.0110. The number of hydrogen-bond donors (Lipinski definition) is 11. The first-order chi connectivity index (χ1) is 52.5. The summed E-state index contributed by atoms with van der Waals surface area (Å²) in [6.07, 6.45) is -1.43. The largest absolute Gasteiger partial charge is 0.507 e.